The van der Waals surface area contributed by atoms with Gasteiger partial charge in [0.2, 0.25) is 5.91 Å². The fourth-order valence-corrected chi connectivity index (χ4v) is 7.04. The van der Waals surface area contributed by atoms with Crippen molar-refractivity contribution in [3.63, 3.8) is 0 Å². The number of nitrogens with one attached hydrogen (secondary N) is 1. The maximum absolute atomic E-state index is 13.3. The molecular formula is C27H32N2O5. The minimum absolute atomic E-state index is 0.0290. The third kappa shape index (κ3) is 3.28. The first-order valence-electron chi connectivity index (χ1n) is 12.4. The molecule has 3 fully saturated rings. The van der Waals surface area contributed by atoms with Crippen molar-refractivity contribution in [2.75, 3.05) is 13.1 Å². The van der Waals surface area contributed by atoms with Crippen molar-refractivity contribution in [2.24, 2.45) is 11.8 Å². The van der Waals surface area contributed by atoms with Crippen LogP contribution in [0.3, 0.4) is 0 Å². The van der Waals surface area contributed by atoms with Crippen LogP contribution in [0.2, 0.25) is 0 Å². The van der Waals surface area contributed by atoms with Gasteiger partial charge in [-0.3, -0.25) is 9.69 Å². The van der Waals surface area contributed by atoms with E-state index in [-0.39, 0.29) is 41.7 Å². The Morgan fingerprint density at radius 2 is 1.82 bits per heavy atom. The molecule has 5 N–H and O–H groups in total. The Hall–Kier alpha value is -2.77. The van der Waals surface area contributed by atoms with E-state index in [1.807, 2.05) is 12.1 Å². The second-order valence-electron chi connectivity index (χ2n) is 10.9. The predicted molar refractivity (Wildman–Crippen MR) is 125 cm³/mol. The summed E-state index contributed by atoms with van der Waals surface area (Å²) < 4.78 is 0. The second kappa shape index (κ2) is 7.62. The summed E-state index contributed by atoms with van der Waals surface area (Å²) in [4.78, 5) is 15.8. The first kappa shape index (κ1) is 21.7. The molecule has 2 aromatic carbocycles. The van der Waals surface area contributed by atoms with Gasteiger partial charge in [-0.25, -0.2) is 0 Å². The van der Waals surface area contributed by atoms with E-state index >= 15 is 0 Å². The van der Waals surface area contributed by atoms with Crippen LogP contribution < -0.4 is 5.32 Å². The summed E-state index contributed by atoms with van der Waals surface area (Å²) in [6, 6.07) is 9.82. The van der Waals surface area contributed by atoms with Crippen molar-refractivity contribution in [1.29, 1.82) is 0 Å². The summed E-state index contributed by atoms with van der Waals surface area (Å²) in [6.07, 6.45) is 4.95. The van der Waals surface area contributed by atoms with Gasteiger partial charge in [0.15, 0.2) is 0 Å². The van der Waals surface area contributed by atoms with Crippen molar-refractivity contribution in [3.8, 4) is 17.2 Å². The topological polar surface area (TPSA) is 113 Å². The van der Waals surface area contributed by atoms with Gasteiger partial charge in [0.05, 0.1) is 5.60 Å². The number of amides is 1. The lowest BCUT2D eigenvalue weighted by molar-refractivity contribution is -0.134. The number of aromatic hydroxyl groups is 3. The third-order valence-corrected chi connectivity index (χ3v) is 8.90. The summed E-state index contributed by atoms with van der Waals surface area (Å²) in [6.45, 7) is 2.06. The molecule has 34 heavy (non-hydrogen) atoms. The lowest BCUT2D eigenvalue weighted by Gasteiger charge is -2.59. The van der Waals surface area contributed by atoms with E-state index in [9.17, 15) is 25.2 Å². The molecule has 180 valence electrons. The van der Waals surface area contributed by atoms with Crippen LogP contribution >= 0.6 is 0 Å². The summed E-state index contributed by atoms with van der Waals surface area (Å²) in [5, 5.41) is 45.1. The molecular weight excluding hydrogens is 432 g/mol. The summed E-state index contributed by atoms with van der Waals surface area (Å²) >= 11 is 0. The van der Waals surface area contributed by atoms with Crippen molar-refractivity contribution in [3.05, 3.63) is 53.1 Å². The van der Waals surface area contributed by atoms with Gasteiger partial charge in [-0.05, 0) is 86.4 Å². The molecule has 6 rings (SSSR count). The first-order chi connectivity index (χ1) is 16.3. The predicted octanol–water partition coefficient (Wildman–Crippen LogP) is 2.54. The molecule has 2 saturated carbocycles. The molecule has 4 atom stereocenters. The van der Waals surface area contributed by atoms with Gasteiger partial charge in [0.1, 0.15) is 17.2 Å². The first-order valence-corrected chi connectivity index (χ1v) is 12.4. The van der Waals surface area contributed by atoms with Gasteiger partial charge in [0.25, 0.3) is 0 Å². The highest BCUT2D eigenvalue weighted by molar-refractivity contribution is 5.80. The van der Waals surface area contributed by atoms with Crippen LogP contribution in [0, 0.1) is 11.8 Å². The van der Waals surface area contributed by atoms with Crippen LogP contribution in [0.5, 0.6) is 17.2 Å². The Kier molecular flexibility index (Phi) is 4.87. The Morgan fingerprint density at radius 1 is 1.06 bits per heavy atom. The van der Waals surface area contributed by atoms with Gasteiger partial charge in [0, 0.05) is 42.1 Å². The summed E-state index contributed by atoms with van der Waals surface area (Å²) in [7, 11) is 0. The van der Waals surface area contributed by atoms with Gasteiger partial charge in [-0.1, -0.05) is 6.07 Å². The Labute approximate surface area is 199 Å². The lowest BCUT2D eigenvalue weighted by atomic mass is 9.56. The van der Waals surface area contributed by atoms with Crippen LogP contribution in [0.4, 0.5) is 0 Å². The van der Waals surface area contributed by atoms with E-state index in [4.69, 9.17) is 0 Å². The highest BCUT2D eigenvalue weighted by atomic mass is 16.3. The zero-order valence-corrected chi connectivity index (χ0v) is 19.2. The van der Waals surface area contributed by atoms with Gasteiger partial charge in [-0.15, -0.1) is 0 Å². The number of benzene rings is 2. The van der Waals surface area contributed by atoms with Crippen LogP contribution in [0.1, 0.15) is 48.8 Å². The standard InChI is InChI=1S/C27H32N2O5/c30-20-5-3-17-9-24-27(34)13-19(25(33)28-14-18-4-6-21(31)11-23(18)32)12-26(27,22(17)10-20)7-8-29(24)15-16-1-2-16/h3-6,10-11,16,19,24,30-32,34H,1-2,7-9,12-15H2,(H,28,33)/t19-,24-,26-,27-/m1/s1. The highest BCUT2D eigenvalue weighted by Crippen LogP contribution is 2.62. The lowest BCUT2D eigenvalue weighted by Crippen LogP contribution is -2.69. The zero-order valence-electron chi connectivity index (χ0n) is 19.2. The van der Waals surface area contributed by atoms with Crippen LogP contribution in [0.15, 0.2) is 36.4 Å². The van der Waals surface area contributed by atoms with E-state index in [1.165, 1.54) is 30.5 Å². The number of phenolic OH excluding ortho intramolecular Hbond substituents is 3. The number of carbonyl (C=O) groups is 1. The third-order valence-electron chi connectivity index (χ3n) is 8.90. The zero-order chi connectivity index (χ0) is 23.7. The van der Waals surface area contributed by atoms with E-state index in [1.54, 1.807) is 12.1 Å². The number of aliphatic hydroxyl groups is 1. The molecule has 0 spiro atoms. The van der Waals surface area contributed by atoms with Crippen LogP contribution in [-0.4, -0.2) is 56.0 Å². The summed E-state index contributed by atoms with van der Waals surface area (Å²) in [5.74, 6) is 0.333. The quantitative estimate of drug-likeness (QED) is 0.465. The van der Waals surface area contributed by atoms with Crippen molar-refractivity contribution >= 4 is 5.91 Å². The Bertz CT molecular complexity index is 1150. The number of hydrogen-bond donors (Lipinski definition) is 5. The maximum Gasteiger partial charge on any atom is 0.223 e. The normalized spacial score (nSPS) is 32.1. The number of carbonyl (C=O) groups excluding carboxylic acids is 1. The number of phenols is 3. The number of likely N-dealkylation sites (tertiary alicyclic amines) is 1. The second-order valence-corrected chi connectivity index (χ2v) is 10.9. The average Bonchev–Trinajstić information content (AvgIpc) is 3.54. The number of hydrogen-bond acceptors (Lipinski definition) is 6. The molecule has 1 heterocycles. The Morgan fingerprint density at radius 3 is 2.59 bits per heavy atom. The molecule has 0 unspecified atom stereocenters. The van der Waals surface area contributed by atoms with E-state index in [0.29, 0.717) is 18.4 Å². The molecule has 2 aromatic rings. The van der Waals surface area contributed by atoms with Crippen molar-refractivity contribution in [1.82, 2.24) is 10.2 Å². The van der Waals surface area contributed by atoms with Crippen molar-refractivity contribution in [2.45, 2.75) is 62.1 Å². The number of rotatable bonds is 5. The monoisotopic (exact) mass is 464 g/mol. The van der Waals surface area contributed by atoms with Crippen LogP contribution in [0.25, 0.3) is 0 Å². The minimum Gasteiger partial charge on any atom is -0.508 e. The Balaban J connectivity index is 1.29. The minimum atomic E-state index is -1.02. The molecule has 2 bridgehead atoms. The molecule has 3 aliphatic carbocycles. The molecule has 0 radical (unpaired) electrons. The molecule has 1 amide bonds. The molecule has 1 aliphatic heterocycles. The molecule has 7 nitrogen and oxygen atoms in total. The molecule has 0 aromatic heterocycles. The van der Waals surface area contributed by atoms with Crippen LogP contribution in [-0.2, 0) is 23.2 Å². The largest absolute Gasteiger partial charge is 0.508 e. The molecule has 7 heteroatoms. The van der Waals surface area contributed by atoms with Gasteiger partial charge in [-0.2, -0.15) is 0 Å². The average molecular weight is 465 g/mol. The van der Waals surface area contributed by atoms with Gasteiger partial charge < -0.3 is 25.7 Å². The molecule has 1 saturated heterocycles. The van der Waals surface area contributed by atoms with Crippen molar-refractivity contribution < 1.29 is 25.2 Å². The summed E-state index contributed by atoms with van der Waals surface area (Å²) in [5.41, 5.74) is 1.13. The number of nitrogens with zero attached hydrogens (tertiary/aromatic N) is 1. The maximum atomic E-state index is 13.3. The fourth-order valence-electron chi connectivity index (χ4n) is 7.04. The SMILES string of the molecule is O=C(NCc1ccc(O)cc1O)[C@@H]1C[C@]23CCN(CC4CC4)[C@H](Cc4ccc(O)cc42)[C@]3(O)C1. The van der Waals surface area contributed by atoms with Gasteiger partial charge >= 0.3 is 0 Å². The number of piperidine rings is 1. The number of fused-ring (bicyclic) bond motifs is 1. The van der Waals surface area contributed by atoms with E-state index in [0.717, 1.165) is 37.4 Å². The van der Waals surface area contributed by atoms with E-state index < -0.39 is 11.0 Å². The fraction of sp³-hybridized carbons (Fsp3) is 0.519. The smallest absolute Gasteiger partial charge is 0.223 e. The van der Waals surface area contributed by atoms with E-state index in [2.05, 4.69) is 10.2 Å². The highest BCUT2D eigenvalue weighted by Gasteiger charge is 2.68. The molecule has 4 aliphatic rings.